The molecule has 0 saturated carbocycles. The molecule has 0 amide bonds. The molecule has 1 fully saturated rings. The molecular formula is C25H37N5. The zero-order valence-corrected chi connectivity index (χ0v) is 19.2. The average Bonchev–Trinajstić information content (AvgIpc) is 3.17. The Morgan fingerprint density at radius 1 is 1.13 bits per heavy atom. The van der Waals surface area contributed by atoms with Gasteiger partial charge in [-0.05, 0) is 56.5 Å². The van der Waals surface area contributed by atoms with Crippen molar-refractivity contribution in [2.24, 2.45) is 5.73 Å². The third kappa shape index (κ3) is 6.71. The van der Waals surface area contributed by atoms with E-state index in [1.54, 1.807) is 0 Å². The van der Waals surface area contributed by atoms with E-state index in [0.717, 1.165) is 49.0 Å². The van der Waals surface area contributed by atoms with Crippen molar-refractivity contribution in [3.05, 3.63) is 63.9 Å². The second kappa shape index (κ2) is 12.2. The van der Waals surface area contributed by atoms with E-state index in [2.05, 4.69) is 77.3 Å². The molecule has 0 atom stereocenters. The van der Waals surface area contributed by atoms with Gasteiger partial charge in [-0.15, -0.1) is 0 Å². The van der Waals surface area contributed by atoms with Crippen LogP contribution in [-0.4, -0.2) is 53.2 Å². The molecule has 0 unspecified atom stereocenters. The molecule has 5 heteroatoms. The highest BCUT2D eigenvalue weighted by Crippen LogP contribution is 2.12. The second-order valence-electron chi connectivity index (χ2n) is 7.61. The molecule has 3 rings (SSSR count). The van der Waals surface area contributed by atoms with Crippen LogP contribution in [0.5, 0.6) is 0 Å². The number of hydrogen-bond donors (Lipinski definition) is 2. The summed E-state index contributed by atoms with van der Waals surface area (Å²) in [5.41, 5.74) is 10.2. The van der Waals surface area contributed by atoms with E-state index < -0.39 is 0 Å². The van der Waals surface area contributed by atoms with E-state index in [0.29, 0.717) is 0 Å². The Bertz CT molecular complexity index is 956. The zero-order valence-electron chi connectivity index (χ0n) is 19.2. The van der Waals surface area contributed by atoms with Crippen LogP contribution in [0.2, 0.25) is 0 Å². The molecule has 0 bridgehead atoms. The van der Waals surface area contributed by atoms with Crippen molar-refractivity contribution in [1.29, 1.82) is 0 Å². The van der Waals surface area contributed by atoms with Crippen LogP contribution >= 0.6 is 0 Å². The number of nitrogens with one attached hydrogen (secondary N) is 1. The number of nitrogens with zero attached hydrogens (tertiary/aromatic N) is 3. The first-order chi connectivity index (χ1) is 14.6. The number of aromatic amines is 1. The molecule has 1 aromatic carbocycles. The fourth-order valence-corrected chi connectivity index (χ4v) is 3.52. The quantitative estimate of drug-likeness (QED) is 0.800. The highest BCUT2D eigenvalue weighted by Gasteiger charge is 2.13. The van der Waals surface area contributed by atoms with Gasteiger partial charge in [-0.1, -0.05) is 49.8 Å². The first-order valence-corrected chi connectivity index (χ1v) is 10.8. The van der Waals surface area contributed by atoms with Crippen molar-refractivity contribution >= 4 is 23.8 Å². The Labute approximate surface area is 181 Å². The zero-order chi connectivity index (χ0) is 21.9. The molecule has 3 N–H and O–H groups in total. The largest absolute Gasteiger partial charge is 0.405 e. The van der Waals surface area contributed by atoms with Crippen molar-refractivity contribution in [1.82, 2.24) is 20.0 Å². The minimum absolute atomic E-state index is 0.946. The molecule has 1 saturated heterocycles. The van der Waals surface area contributed by atoms with E-state index in [9.17, 15) is 0 Å². The summed E-state index contributed by atoms with van der Waals surface area (Å²) in [7, 11) is 2.19. The number of benzene rings is 1. The van der Waals surface area contributed by atoms with Gasteiger partial charge in [0.2, 0.25) is 0 Å². The van der Waals surface area contributed by atoms with Crippen molar-refractivity contribution in [3.8, 4) is 0 Å². The van der Waals surface area contributed by atoms with Crippen LogP contribution in [0, 0.1) is 0 Å². The Morgan fingerprint density at radius 2 is 1.87 bits per heavy atom. The van der Waals surface area contributed by atoms with E-state index in [1.165, 1.54) is 22.9 Å². The number of rotatable bonds is 5. The van der Waals surface area contributed by atoms with Crippen molar-refractivity contribution in [3.63, 3.8) is 0 Å². The first-order valence-electron chi connectivity index (χ1n) is 10.8. The lowest BCUT2D eigenvalue weighted by molar-refractivity contribution is 0.148. The minimum atomic E-state index is 0.946. The summed E-state index contributed by atoms with van der Waals surface area (Å²) < 4.78 is 0. The predicted molar refractivity (Wildman–Crippen MR) is 130 cm³/mol. The summed E-state index contributed by atoms with van der Waals surface area (Å²) in [6.07, 6.45) is 9.51. The average molecular weight is 408 g/mol. The van der Waals surface area contributed by atoms with Crippen molar-refractivity contribution < 1.29 is 0 Å². The van der Waals surface area contributed by atoms with E-state index in [-0.39, 0.29) is 0 Å². The molecule has 1 aliphatic rings. The highest BCUT2D eigenvalue weighted by molar-refractivity contribution is 5.69. The van der Waals surface area contributed by atoms with Gasteiger partial charge in [0.25, 0.3) is 0 Å². The molecule has 0 radical (unpaired) electrons. The van der Waals surface area contributed by atoms with Crippen LogP contribution in [0.3, 0.4) is 0 Å². The summed E-state index contributed by atoms with van der Waals surface area (Å²) in [6, 6.07) is 8.77. The standard InChI is InChI=1S/C23H31N5.C2H6/c1-18(2)23-21(8-5-11-24)25-26-22(23)10-9-19-6-4-7-20(16-19)17-28-14-12-27(3)13-15-28;1-2/h4-11,16,25H,12-15,17,24H2,1-3H3;1-2H3/b10-9+,11-5+,21-8+;. The summed E-state index contributed by atoms with van der Waals surface area (Å²) in [6.45, 7) is 13.8. The Balaban J connectivity index is 0.00000155. The van der Waals surface area contributed by atoms with E-state index in [4.69, 9.17) is 5.73 Å². The fraction of sp³-hybridized carbons (Fsp3) is 0.400. The Kier molecular flexibility index (Phi) is 9.58. The molecule has 2 aromatic rings. The summed E-state index contributed by atoms with van der Waals surface area (Å²) >= 11 is 0. The number of allylic oxidation sites excluding steroid dienone is 1. The van der Waals surface area contributed by atoms with Crippen LogP contribution in [0.15, 0.2) is 36.5 Å². The molecule has 30 heavy (non-hydrogen) atoms. The Morgan fingerprint density at radius 3 is 2.53 bits per heavy atom. The molecular weight excluding hydrogens is 370 g/mol. The SMILES string of the molecule is CC.CC(C)=c1c(/C=C/c2cccc(CN3CCN(C)CC3)c2)n[nH]/c1=C/C=C/N. The van der Waals surface area contributed by atoms with Crippen LogP contribution < -0.4 is 16.3 Å². The maximum absolute atomic E-state index is 5.46. The highest BCUT2D eigenvalue weighted by atomic mass is 15.2. The monoisotopic (exact) mass is 407 g/mol. The normalized spacial score (nSPS) is 16.2. The van der Waals surface area contributed by atoms with Gasteiger partial charge in [0.1, 0.15) is 0 Å². The lowest BCUT2D eigenvalue weighted by atomic mass is 10.1. The third-order valence-electron chi connectivity index (χ3n) is 5.08. The van der Waals surface area contributed by atoms with Gasteiger partial charge in [-0.3, -0.25) is 10.00 Å². The van der Waals surface area contributed by atoms with Gasteiger partial charge in [-0.25, -0.2) is 0 Å². The summed E-state index contributed by atoms with van der Waals surface area (Å²) in [5, 5.41) is 9.68. The second-order valence-corrected chi connectivity index (χ2v) is 7.61. The Hall–Kier alpha value is -2.63. The van der Waals surface area contributed by atoms with Gasteiger partial charge in [0.15, 0.2) is 0 Å². The lowest BCUT2D eigenvalue weighted by Gasteiger charge is -2.32. The number of hydrogen-bond acceptors (Lipinski definition) is 4. The van der Waals surface area contributed by atoms with Crippen LogP contribution in [0.4, 0.5) is 0 Å². The maximum atomic E-state index is 5.46. The van der Waals surface area contributed by atoms with E-state index >= 15 is 0 Å². The van der Waals surface area contributed by atoms with Crippen molar-refractivity contribution in [2.75, 3.05) is 33.2 Å². The third-order valence-corrected chi connectivity index (χ3v) is 5.08. The summed E-state index contributed by atoms with van der Waals surface area (Å²) in [5.74, 6) is 0. The van der Waals surface area contributed by atoms with E-state index in [1.807, 2.05) is 26.0 Å². The van der Waals surface area contributed by atoms with Gasteiger partial charge >= 0.3 is 0 Å². The van der Waals surface area contributed by atoms with Crippen LogP contribution in [0.1, 0.15) is 44.5 Å². The fourth-order valence-electron chi connectivity index (χ4n) is 3.52. The number of piperazine rings is 1. The number of likely N-dealkylation sites (N-methyl/N-ethyl adjacent to an activating group) is 1. The maximum Gasteiger partial charge on any atom is 0.0926 e. The smallest absolute Gasteiger partial charge is 0.0926 e. The molecule has 2 heterocycles. The van der Waals surface area contributed by atoms with Crippen LogP contribution in [0.25, 0.3) is 23.8 Å². The molecule has 0 aliphatic carbocycles. The molecule has 162 valence electrons. The first kappa shape index (κ1) is 23.6. The van der Waals surface area contributed by atoms with Gasteiger partial charge in [0, 0.05) is 37.9 Å². The number of aromatic nitrogens is 2. The molecule has 5 nitrogen and oxygen atoms in total. The minimum Gasteiger partial charge on any atom is -0.405 e. The molecule has 1 aliphatic heterocycles. The number of nitrogens with two attached hydrogens (primary N) is 1. The predicted octanol–water partition coefficient (Wildman–Crippen LogP) is 2.80. The number of H-pyrrole nitrogens is 1. The van der Waals surface area contributed by atoms with Gasteiger partial charge in [0.05, 0.1) is 11.0 Å². The molecule has 0 spiro atoms. The lowest BCUT2D eigenvalue weighted by Crippen LogP contribution is -2.43. The van der Waals surface area contributed by atoms with Gasteiger partial charge < -0.3 is 10.6 Å². The topological polar surface area (TPSA) is 61.2 Å². The summed E-state index contributed by atoms with van der Waals surface area (Å²) in [4.78, 5) is 4.91. The van der Waals surface area contributed by atoms with Crippen molar-refractivity contribution in [2.45, 2.75) is 34.2 Å². The van der Waals surface area contributed by atoms with Gasteiger partial charge in [-0.2, -0.15) is 5.10 Å². The van der Waals surface area contributed by atoms with Crippen LogP contribution in [-0.2, 0) is 6.54 Å². The molecule has 1 aromatic heterocycles.